The Bertz CT molecular complexity index is 1260. The Morgan fingerprint density at radius 3 is 2.86 bits per heavy atom. The van der Waals surface area contributed by atoms with Gasteiger partial charge in [-0.1, -0.05) is 35.4 Å². The Balaban J connectivity index is 1.33. The van der Waals surface area contributed by atoms with Crippen molar-refractivity contribution in [2.24, 2.45) is 0 Å². The Morgan fingerprint density at radius 2 is 1.97 bits per heavy atom. The van der Waals surface area contributed by atoms with Crippen molar-refractivity contribution in [1.82, 2.24) is 19.5 Å². The summed E-state index contributed by atoms with van der Waals surface area (Å²) >= 11 is 6.06. The van der Waals surface area contributed by atoms with E-state index in [0.29, 0.717) is 22.8 Å². The first-order chi connectivity index (χ1) is 14.1. The Kier molecular flexibility index (Phi) is 4.36. The Hall–Kier alpha value is -3.12. The first kappa shape index (κ1) is 17.9. The molecule has 29 heavy (non-hydrogen) atoms. The van der Waals surface area contributed by atoms with Crippen molar-refractivity contribution < 1.29 is 0 Å². The molecule has 0 bridgehead atoms. The van der Waals surface area contributed by atoms with E-state index in [1.54, 1.807) is 6.20 Å². The maximum atomic E-state index is 6.06. The standard InChI is InChI=1S/C22H21ClN6/c23-18-11-15-5-3-14(10-19(15)27-20(18)24)2-1-13-4-6-17(9-13)29-8-7-16-12-26-22(25)28-21(16)29/h3,5,7-12,17H,1-2,4,6H2,(H2,24,27)(H2,25,26,28). The summed E-state index contributed by atoms with van der Waals surface area (Å²) in [6, 6.07) is 10.5. The summed E-state index contributed by atoms with van der Waals surface area (Å²) in [6.07, 6.45) is 10.4. The highest BCUT2D eigenvalue weighted by atomic mass is 35.5. The predicted octanol–water partition coefficient (Wildman–Crippen LogP) is 4.69. The van der Waals surface area contributed by atoms with Gasteiger partial charge in [0.1, 0.15) is 11.5 Å². The van der Waals surface area contributed by atoms with Gasteiger partial charge in [0.05, 0.1) is 16.6 Å². The topological polar surface area (TPSA) is 95.6 Å². The molecule has 3 heterocycles. The zero-order valence-electron chi connectivity index (χ0n) is 15.8. The maximum absolute atomic E-state index is 6.06. The van der Waals surface area contributed by atoms with Gasteiger partial charge in [0, 0.05) is 23.2 Å². The molecular formula is C22H21ClN6. The number of fused-ring (bicyclic) bond motifs is 2. The van der Waals surface area contributed by atoms with E-state index in [0.717, 1.165) is 47.6 Å². The summed E-state index contributed by atoms with van der Waals surface area (Å²) in [6.45, 7) is 0. The largest absolute Gasteiger partial charge is 0.382 e. The zero-order valence-corrected chi connectivity index (χ0v) is 16.6. The van der Waals surface area contributed by atoms with Crippen molar-refractivity contribution in [2.45, 2.75) is 31.7 Å². The minimum atomic E-state index is 0.312. The number of pyridine rings is 1. The summed E-state index contributed by atoms with van der Waals surface area (Å²) in [5, 5.41) is 2.52. The minimum absolute atomic E-state index is 0.312. The number of nitrogens with zero attached hydrogens (tertiary/aromatic N) is 4. The zero-order chi connectivity index (χ0) is 20.0. The average Bonchev–Trinajstić information content (AvgIpc) is 3.33. The molecule has 6 nitrogen and oxygen atoms in total. The van der Waals surface area contributed by atoms with Crippen molar-refractivity contribution in [2.75, 3.05) is 11.5 Å². The van der Waals surface area contributed by atoms with Crippen LogP contribution in [0.2, 0.25) is 5.02 Å². The van der Waals surface area contributed by atoms with Gasteiger partial charge in [-0.3, -0.25) is 0 Å². The lowest BCUT2D eigenvalue weighted by Crippen LogP contribution is -2.04. The molecule has 0 amide bonds. The van der Waals surface area contributed by atoms with Crippen LogP contribution in [0.4, 0.5) is 11.8 Å². The number of benzene rings is 1. The van der Waals surface area contributed by atoms with E-state index in [2.05, 4.69) is 50.0 Å². The normalized spacial score (nSPS) is 16.6. The second kappa shape index (κ2) is 7.04. The van der Waals surface area contributed by atoms with E-state index >= 15 is 0 Å². The van der Waals surface area contributed by atoms with Crippen molar-refractivity contribution in [3.8, 4) is 0 Å². The molecule has 7 heteroatoms. The second-order valence-corrected chi connectivity index (χ2v) is 7.95. The van der Waals surface area contributed by atoms with E-state index < -0.39 is 0 Å². The Morgan fingerprint density at radius 1 is 1.07 bits per heavy atom. The fraction of sp³-hybridized carbons (Fsp3) is 0.227. The molecular weight excluding hydrogens is 384 g/mol. The van der Waals surface area contributed by atoms with Crippen LogP contribution >= 0.6 is 11.6 Å². The number of nitrogens with two attached hydrogens (primary N) is 2. The van der Waals surface area contributed by atoms with Gasteiger partial charge in [0.25, 0.3) is 0 Å². The van der Waals surface area contributed by atoms with E-state index in [9.17, 15) is 0 Å². The summed E-state index contributed by atoms with van der Waals surface area (Å²) < 4.78 is 2.20. The third kappa shape index (κ3) is 3.40. The van der Waals surface area contributed by atoms with Gasteiger partial charge in [0.15, 0.2) is 0 Å². The van der Waals surface area contributed by atoms with Crippen molar-refractivity contribution >= 4 is 45.3 Å². The van der Waals surface area contributed by atoms with E-state index in [-0.39, 0.29) is 0 Å². The predicted molar refractivity (Wildman–Crippen MR) is 118 cm³/mol. The quantitative estimate of drug-likeness (QED) is 0.481. The molecule has 0 saturated heterocycles. The van der Waals surface area contributed by atoms with Crippen LogP contribution in [0.1, 0.15) is 30.9 Å². The lowest BCUT2D eigenvalue weighted by Gasteiger charge is -2.10. The van der Waals surface area contributed by atoms with Gasteiger partial charge >= 0.3 is 0 Å². The molecule has 1 aliphatic carbocycles. The third-order valence-electron chi connectivity index (χ3n) is 5.62. The summed E-state index contributed by atoms with van der Waals surface area (Å²) in [7, 11) is 0. The van der Waals surface area contributed by atoms with Gasteiger partial charge in [-0.25, -0.2) is 9.97 Å². The fourth-order valence-electron chi connectivity index (χ4n) is 4.08. The molecule has 0 spiro atoms. The van der Waals surface area contributed by atoms with Gasteiger partial charge in [-0.15, -0.1) is 0 Å². The molecule has 1 aliphatic rings. The molecule has 0 fully saturated rings. The number of aromatic nitrogens is 4. The van der Waals surface area contributed by atoms with Gasteiger partial charge in [-0.05, 0) is 49.4 Å². The fourth-order valence-corrected chi connectivity index (χ4v) is 4.24. The number of anilines is 2. The monoisotopic (exact) mass is 404 g/mol. The van der Waals surface area contributed by atoms with Crippen LogP contribution in [0.15, 0.2) is 54.4 Å². The highest BCUT2D eigenvalue weighted by Gasteiger charge is 2.19. The number of hydrogen-bond donors (Lipinski definition) is 2. The van der Waals surface area contributed by atoms with Crippen LogP contribution in [0.5, 0.6) is 0 Å². The number of rotatable bonds is 4. The molecule has 146 valence electrons. The minimum Gasteiger partial charge on any atom is -0.382 e. The van der Waals surface area contributed by atoms with E-state index in [1.807, 2.05) is 12.1 Å². The van der Waals surface area contributed by atoms with Gasteiger partial charge in [0.2, 0.25) is 5.95 Å². The number of nitrogen functional groups attached to an aromatic ring is 2. The molecule has 1 aromatic carbocycles. The molecule has 0 radical (unpaired) electrons. The highest BCUT2D eigenvalue weighted by molar-refractivity contribution is 6.33. The maximum Gasteiger partial charge on any atom is 0.221 e. The second-order valence-electron chi connectivity index (χ2n) is 7.54. The van der Waals surface area contributed by atoms with Crippen LogP contribution in [0.3, 0.4) is 0 Å². The molecule has 0 saturated carbocycles. The molecule has 4 N–H and O–H groups in total. The summed E-state index contributed by atoms with van der Waals surface area (Å²) in [4.78, 5) is 12.9. The van der Waals surface area contributed by atoms with Crippen LogP contribution < -0.4 is 11.5 Å². The van der Waals surface area contributed by atoms with E-state index in [4.69, 9.17) is 23.1 Å². The molecule has 1 unspecified atom stereocenters. The lowest BCUT2D eigenvalue weighted by molar-refractivity contribution is 0.604. The lowest BCUT2D eigenvalue weighted by atomic mass is 10.0. The van der Waals surface area contributed by atoms with Crippen LogP contribution in [0, 0.1) is 0 Å². The van der Waals surface area contributed by atoms with E-state index in [1.165, 1.54) is 11.1 Å². The molecule has 4 aromatic rings. The summed E-state index contributed by atoms with van der Waals surface area (Å²) in [5.41, 5.74) is 16.1. The van der Waals surface area contributed by atoms with Crippen LogP contribution in [0.25, 0.3) is 21.9 Å². The molecule has 1 atom stereocenters. The molecule has 0 aliphatic heterocycles. The summed E-state index contributed by atoms with van der Waals surface area (Å²) in [5.74, 6) is 0.688. The van der Waals surface area contributed by atoms with Crippen molar-refractivity contribution in [3.63, 3.8) is 0 Å². The number of aryl methyl sites for hydroxylation is 1. The number of allylic oxidation sites excluding steroid dienone is 2. The molecule has 3 aromatic heterocycles. The average molecular weight is 405 g/mol. The first-order valence-corrected chi connectivity index (χ1v) is 10.1. The highest BCUT2D eigenvalue weighted by Crippen LogP contribution is 2.33. The van der Waals surface area contributed by atoms with Gasteiger partial charge in [-0.2, -0.15) is 4.98 Å². The Labute approximate surface area is 173 Å². The van der Waals surface area contributed by atoms with Crippen LogP contribution in [-0.2, 0) is 6.42 Å². The van der Waals surface area contributed by atoms with Gasteiger partial charge < -0.3 is 16.0 Å². The SMILES string of the molecule is Nc1ncc2ccn(C3C=C(CCc4ccc5cc(Cl)c(N)nc5c4)CC3)c2n1. The van der Waals surface area contributed by atoms with Crippen molar-refractivity contribution in [1.29, 1.82) is 0 Å². The number of halogens is 1. The first-order valence-electron chi connectivity index (χ1n) is 9.70. The van der Waals surface area contributed by atoms with Crippen LogP contribution in [-0.4, -0.2) is 19.5 Å². The molecule has 5 rings (SSSR count). The van der Waals surface area contributed by atoms with Crippen molar-refractivity contribution in [3.05, 3.63) is 65.0 Å². The smallest absolute Gasteiger partial charge is 0.221 e. The third-order valence-corrected chi connectivity index (χ3v) is 5.92. The number of hydrogen-bond acceptors (Lipinski definition) is 5.